The summed E-state index contributed by atoms with van der Waals surface area (Å²) in [6.45, 7) is 2.32. The standard InChI is InChI=1S/C12H15N3O3/c1-12(4-5-12)15-11(18)14-7-8-2-3-9(10(16)17)13-6-8/h2-3,6H,4-5,7H2,1H3,(H,16,17)(H2,14,15,18). The molecule has 2 amide bonds. The largest absolute Gasteiger partial charge is 0.477 e. The van der Waals surface area contributed by atoms with E-state index in [1.165, 1.54) is 12.3 Å². The fraction of sp³-hybridized carbons (Fsp3) is 0.417. The maximum absolute atomic E-state index is 11.5. The first kappa shape index (κ1) is 12.3. The third-order valence-electron chi connectivity index (χ3n) is 2.91. The average Bonchev–Trinajstić information content (AvgIpc) is 3.04. The van der Waals surface area contributed by atoms with Crippen molar-refractivity contribution in [3.8, 4) is 0 Å². The van der Waals surface area contributed by atoms with Crippen molar-refractivity contribution in [1.82, 2.24) is 15.6 Å². The first-order valence-corrected chi connectivity index (χ1v) is 5.73. The molecule has 0 unspecified atom stereocenters. The quantitative estimate of drug-likeness (QED) is 0.746. The summed E-state index contributed by atoms with van der Waals surface area (Å²) >= 11 is 0. The number of nitrogens with zero attached hydrogens (tertiary/aromatic N) is 1. The van der Waals surface area contributed by atoms with Gasteiger partial charge in [-0.2, -0.15) is 0 Å². The molecule has 0 aromatic carbocycles. The van der Waals surface area contributed by atoms with E-state index in [1.807, 2.05) is 6.92 Å². The van der Waals surface area contributed by atoms with Gasteiger partial charge < -0.3 is 15.7 Å². The van der Waals surface area contributed by atoms with E-state index in [0.29, 0.717) is 6.54 Å². The van der Waals surface area contributed by atoms with E-state index in [4.69, 9.17) is 5.11 Å². The van der Waals surface area contributed by atoms with Crippen LogP contribution in [0.5, 0.6) is 0 Å². The van der Waals surface area contributed by atoms with E-state index in [9.17, 15) is 9.59 Å². The van der Waals surface area contributed by atoms with E-state index in [-0.39, 0.29) is 17.3 Å². The van der Waals surface area contributed by atoms with Crippen molar-refractivity contribution in [3.05, 3.63) is 29.6 Å². The maximum Gasteiger partial charge on any atom is 0.354 e. The number of urea groups is 1. The lowest BCUT2D eigenvalue weighted by molar-refractivity contribution is 0.0690. The molecular weight excluding hydrogens is 234 g/mol. The number of carbonyl (C=O) groups excluding carboxylic acids is 1. The number of carboxylic acid groups (broad SMARTS) is 1. The SMILES string of the molecule is CC1(NC(=O)NCc2ccc(C(=O)O)nc2)CC1. The number of pyridine rings is 1. The van der Waals surface area contributed by atoms with Gasteiger partial charge in [0.1, 0.15) is 5.69 Å². The minimum atomic E-state index is -1.06. The van der Waals surface area contributed by atoms with Crippen LogP contribution in [0.4, 0.5) is 4.79 Å². The number of hydrogen-bond donors (Lipinski definition) is 3. The van der Waals surface area contributed by atoms with Crippen molar-refractivity contribution in [1.29, 1.82) is 0 Å². The minimum Gasteiger partial charge on any atom is -0.477 e. The third kappa shape index (κ3) is 3.19. The number of carbonyl (C=O) groups is 2. The fourth-order valence-electron chi connectivity index (χ4n) is 1.47. The van der Waals surface area contributed by atoms with Crippen LogP contribution in [0.25, 0.3) is 0 Å². The summed E-state index contributed by atoms with van der Waals surface area (Å²) in [6.07, 6.45) is 3.47. The molecule has 1 aromatic heterocycles. The number of carboxylic acids is 1. The minimum absolute atomic E-state index is 0.00584. The number of aromatic carboxylic acids is 1. The third-order valence-corrected chi connectivity index (χ3v) is 2.91. The van der Waals surface area contributed by atoms with Gasteiger partial charge in [0.25, 0.3) is 0 Å². The molecule has 0 aliphatic heterocycles. The topological polar surface area (TPSA) is 91.3 Å². The van der Waals surface area contributed by atoms with E-state index in [0.717, 1.165) is 18.4 Å². The van der Waals surface area contributed by atoms with Gasteiger partial charge >= 0.3 is 12.0 Å². The summed E-state index contributed by atoms with van der Waals surface area (Å²) in [4.78, 5) is 25.9. The monoisotopic (exact) mass is 249 g/mol. The molecule has 1 heterocycles. The lowest BCUT2D eigenvalue weighted by atomic mass is 10.2. The van der Waals surface area contributed by atoms with Crippen molar-refractivity contribution in [2.45, 2.75) is 31.8 Å². The summed E-state index contributed by atoms with van der Waals surface area (Å²) in [7, 11) is 0. The zero-order chi connectivity index (χ0) is 13.2. The van der Waals surface area contributed by atoms with Crippen LogP contribution in [0.15, 0.2) is 18.3 Å². The van der Waals surface area contributed by atoms with Gasteiger partial charge in [-0.25, -0.2) is 14.6 Å². The molecule has 0 radical (unpaired) electrons. The Labute approximate surface area is 104 Å². The Morgan fingerprint density at radius 2 is 2.17 bits per heavy atom. The highest BCUT2D eigenvalue weighted by Crippen LogP contribution is 2.33. The van der Waals surface area contributed by atoms with Gasteiger partial charge in [-0.15, -0.1) is 0 Å². The Kier molecular flexibility index (Phi) is 3.18. The summed E-state index contributed by atoms with van der Waals surface area (Å²) in [5.74, 6) is -1.06. The Morgan fingerprint density at radius 1 is 1.44 bits per heavy atom. The molecule has 1 aliphatic carbocycles. The van der Waals surface area contributed by atoms with Gasteiger partial charge in [0.15, 0.2) is 0 Å². The van der Waals surface area contributed by atoms with Crippen LogP contribution < -0.4 is 10.6 Å². The Hall–Kier alpha value is -2.11. The molecule has 1 aromatic rings. The Balaban J connectivity index is 1.82. The van der Waals surface area contributed by atoms with Gasteiger partial charge in [0.05, 0.1) is 0 Å². The number of hydrogen-bond acceptors (Lipinski definition) is 3. The Bertz CT molecular complexity index is 466. The average molecular weight is 249 g/mol. The molecule has 6 heteroatoms. The summed E-state index contributed by atoms with van der Waals surface area (Å²) < 4.78 is 0. The molecule has 0 bridgehead atoms. The van der Waals surface area contributed by atoms with Crippen LogP contribution in [0.2, 0.25) is 0 Å². The molecule has 1 aliphatic rings. The van der Waals surface area contributed by atoms with Gasteiger partial charge in [0.2, 0.25) is 0 Å². The van der Waals surface area contributed by atoms with E-state index < -0.39 is 5.97 Å². The molecule has 6 nitrogen and oxygen atoms in total. The highest BCUT2D eigenvalue weighted by Gasteiger charge is 2.38. The zero-order valence-electron chi connectivity index (χ0n) is 10.1. The van der Waals surface area contributed by atoms with Crippen molar-refractivity contribution in [2.75, 3.05) is 0 Å². The molecular formula is C12H15N3O3. The smallest absolute Gasteiger partial charge is 0.354 e. The molecule has 2 rings (SSSR count). The number of amides is 2. The number of rotatable bonds is 4. The number of aromatic nitrogens is 1. The highest BCUT2D eigenvalue weighted by molar-refractivity contribution is 5.85. The second-order valence-electron chi connectivity index (χ2n) is 4.73. The first-order chi connectivity index (χ1) is 8.48. The van der Waals surface area contributed by atoms with Crippen LogP contribution in [0, 0.1) is 0 Å². The van der Waals surface area contributed by atoms with Crippen LogP contribution in [0.3, 0.4) is 0 Å². The van der Waals surface area contributed by atoms with Crippen LogP contribution >= 0.6 is 0 Å². The molecule has 18 heavy (non-hydrogen) atoms. The maximum atomic E-state index is 11.5. The summed E-state index contributed by atoms with van der Waals surface area (Å²) in [5.41, 5.74) is 0.708. The molecule has 1 saturated carbocycles. The molecule has 3 N–H and O–H groups in total. The normalized spacial score (nSPS) is 15.8. The summed E-state index contributed by atoms with van der Waals surface area (Å²) in [5, 5.41) is 14.3. The van der Waals surface area contributed by atoms with E-state index in [2.05, 4.69) is 15.6 Å². The van der Waals surface area contributed by atoms with Crippen LogP contribution in [-0.4, -0.2) is 27.6 Å². The molecule has 96 valence electrons. The van der Waals surface area contributed by atoms with Crippen molar-refractivity contribution < 1.29 is 14.7 Å². The second-order valence-corrected chi connectivity index (χ2v) is 4.73. The fourth-order valence-corrected chi connectivity index (χ4v) is 1.47. The van der Waals surface area contributed by atoms with Gasteiger partial charge in [-0.1, -0.05) is 6.07 Å². The van der Waals surface area contributed by atoms with E-state index >= 15 is 0 Å². The lowest BCUT2D eigenvalue weighted by Crippen LogP contribution is -2.41. The van der Waals surface area contributed by atoms with Crippen molar-refractivity contribution in [3.63, 3.8) is 0 Å². The van der Waals surface area contributed by atoms with Crippen molar-refractivity contribution >= 4 is 12.0 Å². The zero-order valence-corrected chi connectivity index (χ0v) is 10.1. The molecule has 1 fully saturated rings. The van der Waals surface area contributed by atoms with Gasteiger partial charge in [-0.3, -0.25) is 0 Å². The van der Waals surface area contributed by atoms with Crippen LogP contribution in [0.1, 0.15) is 35.8 Å². The number of nitrogens with one attached hydrogen (secondary N) is 2. The van der Waals surface area contributed by atoms with E-state index in [1.54, 1.807) is 6.07 Å². The van der Waals surface area contributed by atoms with Gasteiger partial charge in [-0.05, 0) is 31.4 Å². The van der Waals surface area contributed by atoms with Crippen molar-refractivity contribution in [2.24, 2.45) is 0 Å². The predicted octanol–water partition coefficient (Wildman–Crippen LogP) is 1.13. The molecule has 0 spiro atoms. The molecule has 0 saturated heterocycles. The second kappa shape index (κ2) is 4.64. The predicted molar refractivity (Wildman–Crippen MR) is 64.2 cm³/mol. The first-order valence-electron chi connectivity index (χ1n) is 5.73. The summed E-state index contributed by atoms with van der Waals surface area (Å²) in [6, 6.07) is 2.84. The molecule has 0 atom stereocenters. The van der Waals surface area contributed by atoms with Gasteiger partial charge in [0, 0.05) is 18.3 Å². The Morgan fingerprint density at radius 3 is 2.67 bits per heavy atom. The van der Waals surface area contributed by atoms with Crippen LogP contribution in [-0.2, 0) is 6.54 Å². The lowest BCUT2D eigenvalue weighted by Gasteiger charge is -2.12. The highest BCUT2D eigenvalue weighted by atomic mass is 16.4.